The van der Waals surface area contributed by atoms with Crippen LogP contribution < -0.4 is 10.7 Å². The number of para-hydroxylation sites is 2. The first-order valence-electron chi connectivity index (χ1n) is 11.1. The fraction of sp³-hybridized carbons (Fsp3) is 0.231. The van der Waals surface area contributed by atoms with Gasteiger partial charge in [-0.3, -0.25) is 14.4 Å². The number of anilines is 1. The molecular formula is C26H21N3O4S. The topological polar surface area (TPSA) is 101 Å². The first kappa shape index (κ1) is 21.9. The molecule has 0 fully saturated rings. The molecule has 0 saturated carbocycles. The SMILES string of the molecule is N#Cc1c(NC(=O)COC(=O)Cn2c3ccccc3c(=O)c3ccccc32)sc2c1CCCC2. The number of nitrogens with one attached hydrogen (secondary N) is 1. The molecule has 1 aliphatic rings. The number of aryl methyl sites for hydroxylation is 1. The lowest BCUT2D eigenvalue weighted by atomic mass is 9.96. The zero-order valence-electron chi connectivity index (χ0n) is 18.3. The molecule has 1 N–H and O–H groups in total. The summed E-state index contributed by atoms with van der Waals surface area (Å²) in [6.45, 7) is -0.604. The minimum Gasteiger partial charge on any atom is -0.454 e. The van der Waals surface area contributed by atoms with E-state index in [0.717, 1.165) is 36.1 Å². The molecule has 1 aliphatic carbocycles. The van der Waals surface area contributed by atoms with Crippen LogP contribution in [0.15, 0.2) is 53.3 Å². The Morgan fingerprint density at radius 2 is 1.68 bits per heavy atom. The van der Waals surface area contributed by atoms with Crippen molar-refractivity contribution in [2.45, 2.75) is 32.2 Å². The van der Waals surface area contributed by atoms with E-state index >= 15 is 0 Å². The van der Waals surface area contributed by atoms with Gasteiger partial charge in [0.1, 0.15) is 17.6 Å². The summed E-state index contributed by atoms with van der Waals surface area (Å²) < 4.78 is 6.98. The summed E-state index contributed by atoms with van der Waals surface area (Å²) in [6.07, 6.45) is 3.89. The zero-order chi connectivity index (χ0) is 23.7. The molecule has 0 bridgehead atoms. The molecule has 0 atom stereocenters. The molecule has 2 aromatic heterocycles. The molecule has 4 aromatic rings. The number of amides is 1. The van der Waals surface area contributed by atoms with Crippen LogP contribution in [0.25, 0.3) is 21.8 Å². The molecule has 1 amide bonds. The van der Waals surface area contributed by atoms with Gasteiger partial charge in [0.25, 0.3) is 5.91 Å². The van der Waals surface area contributed by atoms with Crippen LogP contribution in [-0.2, 0) is 33.7 Å². The van der Waals surface area contributed by atoms with E-state index in [1.165, 1.54) is 11.3 Å². The Kier molecular flexibility index (Phi) is 5.86. The second-order valence-electron chi connectivity index (χ2n) is 8.19. The van der Waals surface area contributed by atoms with Crippen molar-refractivity contribution in [3.05, 3.63) is 74.8 Å². The normalized spacial score (nSPS) is 12.8. The number of hydrogen-bond acceptors (Lipinski definition) is 6. The number of ether oxygens (including phenoxy) is 1. The molecule has 2 aromatic carbocycles. The number of rotatable bonds is 5. The fourth-order valence-electron chi connectivity index (χ4n) is 4.50. The highest BCUT2D eigenvalue weighted by molar-refractivity contribution is 7.16. The average Bonchev–Trinajstić information content (AvgIpc) is 3.22. The molecular weight excluding hydrogens is 450 g/mol. The lowest BCUT2D eigenvalue weighted by Crippen LogP contribution is -2.24. The Labute approximate surface area is 199 Å². The lowest BCUT2D eigenvalue weighted by Gasteiger charge is -2.14. The molecule has 2 heterocycles. The second kappa shape index (κ2) is 9.12. The largest absolute Gasteiger partial charge is 0.454 e. The predicted octanol–water partition coefficient (Wildman–Crippen LogP) is 4.15. The van der Waals surface area contributed by atoms with E-state index in [4.69, 9.17) is 4.74 Å². The fourth-order valence-corrected chi connectivity index (χ4v) is 5.76. The highest BCUT2D eigenvalue weighted by atomic mass is 32.1. The van der Waals surface area contributed by atoms with Crippen LogP contribution in [0.5, 0.6) is 0 Å². The minimum absolute atomic E-state index is 0.0952. The van der Waals surface area contributed by atoms with Crippen molar-refractivity contribution < 1.29 is 14.3 Å². The average molecular weight is 472 g/mol. The molecule has 0 unspecified atom stereocenters. The van der Waals surface area contributed by atoms with Gasteiger partial charge in [-0.25, -0.2) is 0 Å². The van der Waals surface area contributed by atoms with Crippen molar-refractivity contribution in [2.75, 3.05) is 11.9 Å². The van der Waals surface area contributed by atoms with E-state index in [2.05, 4.69) is 11.4 Å². The van der Waals surface area contributed by atoms with Crippen LogP contribution in [0, 0.1) is 11.3 Å². The van der Waals surface area contributed by atoms with Gasteiger partial charge < -0.3 is 14.6 Å². The number of benzene rings is 2. The third-order valence-corrected chi connectivity index (χ3v) is 7.27. The monoisotopic (exact) mass is 471 g/mol. The number of nitriles is 1. The van der Waals surface area contributed by atoms with Gasteiger partial charge in [-0.1, -0.05) is 24.3 Å². The summed E-state index contributed by atoms with van der Waals surface area (Å²) in [4.78, 5) is 39.1. The number of esters is 1. The predicted molar refractivity (Wildman–Crippen MR) is 131 cm³/mol. The van der Waals surface area contributed by atoms with Crippen molar-refractivity contribution in [1.29, 1.82) is 5.26 Å². The van der Waals surface area contributed by atoms with Crippen molar-refractivity contribution in [3.8, 4) is 6.07 Å². The van der Waals surface area contributed by atoms with Gasteiger partial charge in [0.05, 0.1) is 16.6 Å². The van der Waals surface area contributed by atoms with Crippen LogP contribution >= 0.6 is 11.3 Å². The van der Waals surface area contributed by atoms with Crippen LogP contribution in [0.4, 0.5) is 5.00 Å². The molecule has 0 aliphatic heterocycles. The number of carbonyl (C=O) groups is 2. The zero-order valence-corrected chi connectivity index (χ0v) is 19.1. The van der Waals surface area contributed by atoms with Gasteiger partial charge in [0.2, 0.25) is 0 Å². The van der Waals surface area contributed by atoms with Gasteiger partial charge in [-0.2, -0.15) is 5.26 Å². The quantitative estimate of drug-likeness (QED) is 0.348. The Bertz CT molecular complexity index is 1480. The van der Waals surface area contributed by atoms with Crippen LogP contribution in [-0.4, -0.2) is 23.1 Å². The van der Waals surface area contributed by atoms with Crippen molar-refractivity contribution in [3.63, 3.8) is 0 Å². The van der Waals surface area contributed by atoms with Crippen LogP contribution in [0.2, 0.25) is 0 Å². The number of nitrogens with zero attached hydrogens (tertiary/aromatic N) is 2. The summed E-state index contributed by atoms with van der Waals surface area (Å²) in [7, 11) is 0. The van der Waals surface area contributed by atoms with Crippen molar-refractivity contribution >= 4 is 50.0 Å². The Hall–Kier alpha value is -3.96. The Balaban J connectivity index is 1.32. The van der Waals surface area contributed by atoms with E-state index in [1.54, 1.807) is 53.1 Å². The summed E-state index contributed by atoms with van der Waals surface area (Å²) in [5, 5.41) is 13.8. The maximum atomic E-state index is 12.8. The number of fused-ring (bicyclic) bond motifs is 3. The smallest absolute Gasteiger partial charge is 0.326 e. The van der Waals surface area contributed by atoms with E-state index in [-0.39, 0.29) is 12.0 Å². The number of hydrogen-bond donors (Lipinski definition) is 1. The van der Waals surface area contributed by atoms with Gasteiger partial charge in [0.15, 0.2) is 12.0 Å². The highest BCUT2D eigenvalue weighted by Gasteiger charge is 2.22. The second-order valence-corrected chi connectivity index (χ2v) is 9.29. The number of aromatic nitrogens is 1. The Morgan fingerprint density at radius 3 is 2.35 bits per heavy atom. The maximum Gasteiger partial charge on any atom is 0.326 e. The summed E-state index contributed by atoms with van der Waals surface area (Å²) in [5.41, 5.74) is 2.70. The van der Waals surface area contributed by atoms with Crippen LogP contribution in [0.1, 0.15) is 28.8 Å². The standard InChI is InChI=1S/C26H21N3O4S/c27-13-19-16-7-3-6-12-22(16)34-26(19)28-23(30)15-33-24(31)14-29-20-10-4-1-8-17(20)25(32)18-9-2-5-11-21(18)29/h1-2,4-5,8-11H,3,6-7,12,14-15H2,(H,28,30). The summed E-state index contributed by atoms with van der Waals surface area (Å²) in [6, 6.07) is 16.4. The van der Waals surface area contributed by atoms with Crippen molar-refractivity contribution in [1.82, 2.24) is 4.57 Å². The number of carbonyl (C=O) groups excluding carboxylic acids is 2. The first-order chi connectivity index (χ1) is 16.6. The highest BCUT2D eigenvalue weighted by Crippen LogP contribution is 2.37. The minimum atomic E-state index is -0.597. The number of pyridine rings is 1. The van der Waals surface area contributed by atoms with Gasteiger partial charge in [-0.15, -0.1) is 11.3 Å². The van der Waals surface area contributed by atoms with Crippen LogP contribution in [0.3, 0.4) is 0 Å². The molecule has 0 spiro atoms. The first-order valence-corrected chi connectivity index (χ1v) is 11.9. The van der Waals surface area contributed by atoms with E-state index in [1.807, 2.05) is 0 Å². The summed E-state index contributed by atoms with van der Waals surface area (Å²) >= 11 is 1.43. The van der Waals surface area contributed by atoms with E-state index in [9.17, 15) is 19.6 Å². The Morgan fingerprint density at radius 1 is 1.03 bits per heavy atom. The van der Waals surface area contributed by atoms with Gasteiger partial charge in [0, 0.05) is 15.6 Å². The van der Waals surface area contributed by atoms with Gasteiger partial charge in [-0.05, 0) is 55.5 Å². The molecule has 5 rings (SSSR count). The molecule has 170 valence electrons. The molecule has 0 radical (unpaired) electrons. The molecule has 34 heavy (non-hydrogen) atoms. The molecule has 0 saturated heterocycles. The molecule has 7 nitrogen and oxygen atoms in total. The van der Waals surface area contributed by atoms with Gasteiger partial charge >= 0.3 is 5.97 Å². The third-order valence-electron chi connectivity index (χ3n) is 6.07. The molecule has 8 heteroatoms. The maximum absolute atomic E-state index is 12.8. The number of thiophene rings is 1. The lowest BCUT2D eigenvalue weighted by molar-refractivity contribution is -0.147. The van der Waals surface area contributed by atoms with E-state index in [0.29, 0.717) is 32.4 Å². The van der Waals surface area contributed by atoms with E-state index < -0.39 is 18.5 Å². The van der Waals surface area contributed by atoms with Crippen molar-refractivity contribution in [2.24, 2.45) is 0 Å². The third kappa shape index (κ3) is 3.95. The summed E-state index contributed by atoms with van der Waals surface area (Å²) in [5.74, 6) is -1.09.